The number of nitro benzene ring substituents is 1. The Bertz CT molecular complexity index is 638. The number of non-ortho nitro benzene ring substituents is 1. The maximum absolute atomic E-state index is 10.9. The van der Waals surface area contributed by atoms with Crippen molar-refractivity contribution in [2.75, 3.05) is 12.4 Å². The van der Waals surface area contributed by atoms with Crippen LogP contribution in [0.3, 0.4) is 0 Å². The normalized spacial score (nSPS) is 29.8. The summed E-state index contributed by atoms with van der Waals surface area (Å²) in [6, 6.07) is 3.56. The highest BCUT2D eigenvalue weighted by Crippen LogP contribution is 2.32. The molecule has 5 atom stereocenters. The lowest BCUT2D eigenvalue weighted by molar-refractivity contribution is -0.384. The van der Waals surface area contributed by atoms with E-state index in [4.69, 9.17) is 14.6 Å². The molecule has 0 saturated carbocycles. The van der Waals surface area contributed by atoms with E-state index >= 15 is 0 Å². The monoisotopic (exact) mass is 344 g/mol. The van der Waals surface area contributed by atoms with Gasteiger partial charge < -0.3 is 35.2 Å². The molecule has 1 aromatic rings. The molecule has 24 heavy (non-hydrogen) atoms. The second-order valence-electron chi connectivity index (χ2n) is 5.04. The molecular weight excluding hydrogens is 328 g/mol. The van der Waals surface area contributed by atoms with E-state index in [1.165, 1.54) is 19.2 Å². The van der Waals surface area contributed by atoms with Gasteiger partial charge in [0.1, 0.15) is 18.0 Å². The standard InChI is InChI=1S/C13H16N2O9/c1-14-6-4-5(15(21)22)2-3-7(6)23-11-9(17)8(16)10(12(18)19)24-13(11)20/h2-4,8-11,13-14,16-17,20H,1H3,(H,18,19)/t8-,9-,10-,11+,13+/m0/s1. The van der Waals surface area contributed by atoms with Crippen molar-refractivity contribution in [3.05, 3.63) is 28.3 Å². The van der Waals surface area contributed by atoms with Crippen LogP contribution in [0.15, 0.2) is 18.2 Å². The van der Waals surface area contributed by atoms with Gasteiger partial charge in [-0.3, -0.25) is 10.1 Å². The molecule has 2 rings (SSSR count). The fourth-order valence-electron chi connectivity index (χ4n) is 2.26. The number of nitrogens with one attached hydrogen (secondary N) is 1. The zero-order valence-corrected chi connectivity index (χ0v) is 12.4. The zero-order valence-electron chi connectivity index (χ0n) is 12.4. The average molecular weight is 344 g/mol. The van der Waals surface area contributed by atoms with E-state index < -0.39 is 41.6 Å². The number of benzene rings is 1. The lowest BCUT2D eigenvalue weighted by Gasteiger charge is -2.38. The van der Waals surface area contributed by atoms with Crippen LogP contribution in [0.2, 0.25) is 0 Å². The van der Waals surface area contributed by atoms with Gasteiger partial charge in [-0.15, -0.1) is 0 Å². The van der Waals surface area contributed by atoms with Gasteiger partial charge >= 0.3 is 5.97 Å². The van der Waals surface area contributed by atoms with Gasteiger partial charge in [0.05, 0.1) is 10.6 Å². The maximum atomic E-state index is 10.9. The Hall–Kier alpha value is -2.47. The van der Waals surface area contributed by atoms with Crippen LogP contribution in [0, 0.1) is 10.1 Å². The van der Waals surface area contributed by atoms with Crippen molar-refractivity contribution in [1.82, 2.24) is 0 Å². The van der Waals surface area contributed by atoms with Gasteiger partial charge in [-0.25, -0.2) is 4.79 Å². The fraction of sp³-hybridized carbons (Fsp3) is 0.462. The smallest absolute Gasteiger partial charge is 0.335 e. The van der Waals surface area contributed by atoms with E-state index in [2.05, 4.69) is 5.32 Å². The number of carbonyl (C=O) groups is 1. The predicted molar refractivity (Wildman–Crippen MR) is 77.6 cm³/mol. The minimum Gasteiger partial charge on any atom is -0.480 e. The first-order valence-corrected chi connectivity index (χ1v) is 6.81. The van der Waals surface area contributed by atoms with Crippen LogP contribution in [0.25, 0.3) is 0 Å². The molecular formula is C13H16N2O9. The number of nitro groups is 1. The highest BCUT2D eigenvalue weighted by Gasteiger charge is 2.48. The summed E-state index contributed by atoms with van der Waals surface area (Å²) >= 11 is 0. The van der Waals surface area contributed by atoms with Gasteiger partial charge in [-0.1, -0.05) is 0 Å². The lowest BCUT2D eigenvalue weighted by atomic mass is 9.99. The molecule has 1 saturated heterocycles. The van der Waals surface area contributed by atoms with Crippen molar-refractivity contribution in [2.24, 2.45) is 0 Å². The molecule has 11 nitrogen and oxygen atoms in total. The molecule has 0 spiro atoms. The number of nitrogens with zero attached hydrogens (tertiary/aromatic N) is 1. The molecule has 1 aromatic carbocycles. The second kappa shape index (κ2) is 6.97. The minimum atomic E-state index is -1.83. The molecule has 11 heteroatoms. The summed E-state index contributed by atoms with van der Waals surface area (Å²) < 4.78 is 10.1. The number of aliphatic hydroxyl groups is 3. The Morgan fingerprint density at radius 2 is 2.00 bits per heavy atom. The number of carboxylic acids is 1. The number of aliphatic hydroxyl groups excluding tert-OH is 3. The van der Waals surface area contributed by atoms with Crippen molar-refractivity contribution in [2.45, 2.75) is 30.7 Å². The molecule has 0 aliphatic carbocycles. The lowest BCUT2D eigenvalue weighted by Crippen LogP contribution is -2.61. The van der Waals surface area contributed by atoms with Gasteiger partial charge in [0.15, 0.2) is 18.5 Å². The van der Waals surface area contributed by atoms with Crippen LogP contribution in [0.5, 0.6) is 5.75 Å². The highest BCUT2D eigenvalue weighted by atomic mass is 16.7. The van der Waals surface area contributed by atoms with Gasteiger partial charge in [-0.2, -0.15) is 0 Å². The zero-order chi connectivity index (χ0) is 18.0. The Morgan fingerprint density at radius 3 is 2.54 bits per heavy atom. The first-order chi connectivity index (χ1) is 11.3. The van der Waals surface area contributed by atoms with Gasteiger partial charge in [0, 0.05) is 19.2 Å². The number of aliphatic carboxylic acids is 1. The van der Waals surface area contributed by atoms with Crippen molar-refractivity contribution >= 4 is 17.3 Å². The van der Waals surface area contributed by atoms with Crippen molar-refractivity contribution in [3.8, 4) is 5.75 Å². The molecule has 0 bridgehead atoms. The molecule has 1 aliphatic rings. The topological polar surface area (TPSA) is 172 Å². The first-order valence-electron chi connectivity index (χ1n) is 6.81. The third-order valence-corrected chi connectivity index (χ3v) is 3.51. The highest BCUT2D eigenvalue weighted by molar-refractivity contribution is 5.73. The van der Waals surface area contributed by atoms with Crippen LogP contribution in [0.1, 0.15) is 0 Å². The number of anilines is 1. The Morgan fingerprint density at radius 1 is 1.33 bits per heavy atom. The molecule has 0 aromatic heterocycles. The van der Waals surface area contributed by atoms with E-state index in [9.17, 15) is 30.2 Å². The minimum absolute atomic E-state index is 0.0378. The summed E-state index contributed by atoms with van der Waals surface area (Å²) in [6.07, 6.45) is -8.72. The molecule has 0 unspecified atom stereocenters. The van der Waals surface area contributed by atoms with E-state index in [0.717, 1.165) is 6.07 Å². The summed E-state index contributed by atoms with van der Waals surface area (Å²) in [6.45, 7) is 0. The number of carboxylic acid groups (broad SMARTS) is 1. The van der Waals surface area contributed by atoms with E-state index in [1.54, 1.807) is 0 Å². The second-order valence-corrected chi connectivity index (χ2v) is 5.04. The van der Waals surface area contributed by atoms with Gasteiger partial charge in [-0.05, 0) is 6.07 Å². The molecule has 1 fully saturated rings. The number of ether oxygens (including phenoxy) is 2. The Balaban J connectivity index is 2.24. The van der Waals surface area contributed by atoms with Crippen molar-refractivity contribution in [1.29, 1.82) is 0 Å². The number of rotatable bonds is 5. The Kier molecular flexibility index (Phi) is 5.19. The van der Waals surface area contributed by atoms with Crippen molar-refractivity contribution in [3.63, 3.8) is 0 Å². The quantitative estimate of drug-likeness (QED) is 0.326. The summed E-state index contributed by atoms with van der Waals surface area (Å²) in [5.41, 5.74) is -0.0166. The van der Waals surface area contributed by atoms with Crippen LogP contribution < -0.4 is 10.1 Å². The third-order valence-electron chi connectivity index (χ3n) is 3.51. The number of hydrogen-bond acceptors (Lipinski definition) is 9. The Labute approximate surface area is 135 Å². The first kappa shape index (κ1) is 17.9. The summed E-state index contributed by atoms with van der Waals surface area (Å²) in [5, 5.41) is 51.9. The molecule has 1 heterocycles. The van der Waals surface area contributed by atoms with Crippen LogP contribution in [0.4, 0.5) is 11.4 Å². The summed E-state index contributed by atoms with van der Waals surface area (Å²) in [5.74, 6) is -1.51. The molecule has 5 N–H and O–H groups in total. The van der Waals surface area contributed by atoms with Gasteiger partial charge in [0.2, 0.25) is 0 Å². The van der Waals surface area contributed by atoms with E-state index in [1.807, 2.05) is 0 Å². The fourth-order valence-corrected chi connectivity index (χ4v) is 2.26. The van der Waals surface area contributed by atoms with Crippen LogP contribution in [-0.2, 0) is 9.53 Å². The summed E-state index contributed by atoms with van der Waals surface area (Å²) in [4.78, 5) is 21.1. The predicted octanol–water partition coefficient (Wildman–Crippen LogP) is -1.09. The summed E-state index contributed by atoms with van der Waals surface area (Å²) in [7, 11) is 1.48. The SMILES string of the molecule is CNc1cc([N+](=O)[O-])ccc1O[C@@H]1[C@@H](O)[C@H](O)[C@@H](C(=O)O)O[C@H]1O. The molecule has 0 amide bonds. The third kappa shape index (κ3) is 3.38. The molecule has 132 valence electrons. The van der Waals surface area contributed by atoms with E-state index in [0.29, 0.717) is 0 Å². The number of hydrogen-bond donors (Lipinski definition) is 5. The molecule has 0 radical (unpaired) electrons. The van der Waals surface area contributed by atoms with Gasteiger partial charge in [0.25, 0.3) is 5.69 Å². The van der Waals surface area contributed by atoms with Crippen LogP contribution in [-0.4, -0.2) is 69.1 Å². The maximum Gasteiger partial charge on any atom is 0.335 e. The van der Waals surface area contributed by atoms with E-state index in [-0.39, 0.29) is 17.1 Å². The van der Waals surface area contributed by atoms with Crippen LogP contribution >= 0.6 is 0 Å². The largest absolute Gasteiger partial charge is 0.480 e. The van der Waals surface area contributed by atoms with Crippen molar-refractivity contribution < 1.29 is 39.6 Å². The average Bonchev–Trinajstić information content (AvgIpc) is 2.54. The molecule has 1 aliphatic heterocycles.